The standard InChI is InChI=1S/C15H23N3O2S/c1-13-11-14-5-2-3-6-15(14)18(12-13)21(19,20)17-9-4-7-16-8-10-17/h2-3,5-6,13,16H,4,7-12H2,1H3. The van der Waals surface area contributed by atoms with Gasteiger partial charge in [0.25, 0.3) is 0 Å². The van der Waals surface area contributed by atoms with Gasteiger partial charge >= 0.3 is 10.2 Å². The molecule has 3 rings (SSSR count). The minimum absolute atomic E-state index is 0.347. The van der Waals surface area contributed by atoms with E-state index in [0.717, 1.165) is 37.2 Å². The second kappa shape index (κ2) is 5.94. The Morgan fingerprint density at radius 1 is 1.19 bits per heavy atom. The zero-order valence-electron chi connectivity index (χ0n) is 12.5. The quantitative estimate of drug-likeness (QED) is 0.894. The smallest absolute Gasteiger partial charge is 0.304 e. The maximum atomic E-state index is 13.0. The summed E-state index contributed by atoms with van der Waals surface area (Å²) in [5, 5.41) is 3.26. The molecule has 6 heteroatoms. The number of fused-ring (bicyclic) bond motifs is 1. The molecule has 116 valence electrons. The van der Waals surface area contributed by atoms with E-state index in [1.54, 1.807) is 8.61 Å². The lowest BCUT2D eigenvalue weighted by molar-refractivity contribution is 0.423. The number of nitrogens with zero attached hydrogens (tertiary/aromatic N) is 2. The van der Waals surface area contributed by atoms with Crippen LogP contribution < -0.4 is 9.62 Å². The number of hydrogen-bond donors (Lipinski definition) is 1. The van der Waals surface area contributed by atoms with Crippen LogP contribution in [0, 0.1) is 5.92 Å². The topological polar surface area (TPSA) is 52.7 Å². The summed E-state index contributed by atoms with van der Waals surface area (Å²) in [6, 6.07) is 7.87. The van der Waals surface area contributed by atoms with Crippen LogP contribution in [-0.2, 0) is 16.6 Å². The highest BCUT2D eigenvalue weighted by Crippen LogP contribution is 2.32. The number of para-hydroxylation sites is 1. The second-order valence-corrected chi connectivity index (χ2v) is 7.83. The fourth-order valence-corrected chi connectivity index (χ4v) is 4.99. The lowest BCUT2D eigenvalue weighted by Crippen LogP contribution is -2.48. The Morgan fingerprint density at radius 2 is 2.00 bits per heavy atom. The third-order valence-corrected chi connectivity index (χ3v) is 6.13. The van der Waals surface area contributed by atoms with Gasteiger partial charge in [-0.15, -0.1) is 0 Å². The fourth-order valence-electron chi connectivity index (χ4n) is 3.16. The molecule has 1 saturated heterocycles. The molecule has 1 fully saturated rings. The molecule has 0 radical (unpaired) electrons. The number of nitrogens with one attached hydrogen (secondary N) is 1. The van der Waals surface area contributed by atoms with Crippen molar-refractivity contribution in [3.05, 3.63) is 29.8 Å². The minimum Gasteiger partial charge on any atom is -0.315 e. The molecule has 0 spiro atoms. The van der Waals surface area contributed by atoms with E-state index in [2.05, 4.69) is 12.2 Å². The van der Waals surface area contributed by atoms with Crippen molar-refractivity contribution in [3.63, 3.8) is 0 Å². The molecule has 0 aromatic heterocycles. The molecular weight excluding hydrogens is 286 g/mol. The third kappa shape index (κ3) is 2.93. The van der Waals surface area contributed by atoms with E-state index in [1.807, 2.05) is 24.3 Å². The molecule has 21 heavy (non-hydrogen) atoms. The molecule has 2 aliphatic rings. The van der Waals surface area contributed by atoms with Crippen LogP contribution in [0.15, 0.2) is 24.3 Å². The first kappa shape index (κ1) is 14.8. The average molecular weight is 309 g/mol. The van der Waals surface area contributed by atoms with E-state index in [4.69, 9.17) is 0 Å². The molecule has 0 bridgehead atoms. The van der Waals surface area contributed by atoms with Gasteiger partial charge in [-0.1, -0.05) is 25.1 Å². The van der Waals surface area contributed by atoms with E-state index < -0.39 is 10.2 Å². The molecule has 1 unspecified atom stereocenters. The molecule has 1 N–H and O–H groups in total. The van der Waals surface area contributed by atoms with Gasteiger partial charge in [-0.25, -0.2) is 0 Å². The van der Waals surface area contributed by atoms with Crippen LogP contribution in [0.4, 0.5) is 5.69 Å². The number of hydrogen-bond acceptors (Lipinski definition) is 3. The van der Waals surface area contributed by atoms with Crippen LogP contribution in [-0.4, -0.2) is 45.4 Å². The Labute approximate surface area is 127 Å². The molecule has 2 heterocycles. The Balaban J connectivity index is 1.94. The summed E-state index contributed by atoms with van der Waals surface area (Å²) in [4.78, 5) is 0. The van der Waals surface area contributed by atoms with Crippen LogP contribution in [0.5, 0.6) is 0 Å². The van der Waals surface area contributed by atoms with Gasteiger partial charge in [0, 0.05) is 26.2 Å². The van der Waals surface area contributed by atoms with Crippen LogP contribution in [0.25, 0.3) is 0 Å². The van der Waals surface area contributed by atoms with Crippen LogP contribution in [0.2, 0.25) is 0 Å². The Kier molecular flexibility index (Phi) is 4.19. The first-order valence-corrected chi connectivity index (χ1v) is 9.05. The highest BCUT2D eigenvalue weighted by Gasteiger charge is 2.34. The Hall–Kier alpha value is -1.11. The maximum absolute atomic E-state index is 13.0. The van der Waals surface area contributed by atoms with Crippen molar-refractivity contribution in [1.29, 1.82) is 0 Å². The summed E-state index contributed by atoms with van der Waals surface area (Å²) < 4.78 is 29.3. The largest absolute Gasteiger partial charge is 0.315 e. The molecule has 0 aliphatic carbocycles. The predicted molar refractivity (Wildman–Crippen MR) is 84.6 cm³/mol. The van der Waals surface area contributed by atoms with Gasteiger partial charge in [-0.05, 0) is 36.9 Å². The summed E-state index contributed by atoms with van der Waals surface area (Å²) in [5.74, 6) is 0.347. The highest BCUT2D eigenvalue weighted by atomic mass is 32.2. The average Bonchev–Trinajstić information content (AvgIpc) is 2.76. The monoisotopic (exact) mass is 309 g/mol. The number of rotatable bonds is 2. The third-order valence-electron chi connectivity index (χ3n) is 4.21. The van der Waals surface area contributed by atoms with Crippen molar-refractivity contribution < 1.29 is 8.42 Å². The van der Waals surface area contributed by atoms with E-state index in [9.17, 15) is 8.42 Å². The zero-order chi connectivity index (χ0) is 14.9. The van der Waals surface area contributed by atoms with Gasteiger partial charge in [-0.2, -0.15) is 12.7 Å². The van der Waals surface area contributed by atoms with E-state index in [1.165, 1.54) is 0 Å². The van der Waals surface area contributed by atoms with Crippen molar-refractivity contribution in [2.24, 2.45) is 5.92 Å². The molecule has 0 saturated carbocycles. The first-order chi connectivity index (χ1) is 10.1. The lowest BCUT2D eigenvalue weighted by Gasteiger charge is -2.37. The van der Waals surface area contributed by atoms with Crippen LogP contribution in [0.1, 0.15) is 18.9 Å². The molecule has 1 aromatic rings. The number of anilines is 1. The fraction of sp³-hybridized carbons (Fsp3) is 0.600. The van der Waals surface area contributed by atoms with Gasteiger partial charge < -0.3 is 5.32 Å². The normalized spacial score (nSPS) is 24.4. The summed E-state index contributed by atoms with van der Waals surface area (Å²) in [5.41, 5.74) is 1.99. The van der Waals surface area contributed by atoms with Gasteiger partial charge in [0.15, 0.2) is 0 Å². The van der Waals surface area contributed by atoms with Crippen molar-refractivity contribution in [1.82, 2.24) is 9.62 Å². The van der Waals surface area contributed by atoms with Gasteiger partial charge in [0.05, 0.1) is 5.69 Å². The van der Waals surface area contributed by atoms with Gasteiger partial charge in [0.1, 0.15) is 0 Å². The molecule has 1 atom stereocenters. The molecule has 5 nitrogen and oxygen atoms in total. The summed E-state index contributed by atoms with van der Waals surface area (Å²) in [7, 11) is -3.43. The first-order valence-electron chi connectivity index (χ1n) is 7.65. The SMILES string of the molecule is CC1Cc2ccccc2N(S(=O)(=O)N2CCCNCC2)C1. The Bertz CT molecular complexity index is 595. The maximum Gasteiger partial charge on any atom is 0.304 e. The molecule has 1 aromatic carbocycles. The van der Waals surface area contributed by atoms with Gasteiger partial charge in [-0.3, -0.25) is 4.31 Å². The zero-order valence-corrected chi connectivity index (χ0v) is 13.3. The second-order valence-electron chi connectivity index (χ2n) is 5.98. The summed E-state index contributed by atoms with van der Waals surface area (Å²) in [6.45, 7) is 5.45. The minimum atomic E-state index is -3.43. The van der Waals surface area contributed by atoms with Crippen molar-refractivity contribution >= 4 is 15.9 Å². The lowest BCUT2D eigenvalue weighted by atomic mass is 9.96. The molecule has 2 aliphatic heterocycles. The van der Waals surface area contributed by atoms with Crippen molar-refractivity contribution in [2.75, 3.05) is 37.0 Å². The van der Waals surface area contributed by atoms with E-state index in [0.29, 0.717) is 25.6 Å². The van der Waals surface area contributed by atoms with Crippen molar-refractivity contribution in [3.8, 4) is 0 Å². The predicted octanol–water partition coefficient (Wildman–Crippen LogP) is 1.23. The van der Waals surface area contributed by atoms with E-state index in [-0.39, 0.29) is 0 Å². The number of benzene rings is 1. The highest BCUT2D eigenvalue weighted by molar-refractivity contribution is 7.90. The summed E-state index contributed by atoms with van der Waals surface area (Å²) >= 11 is 0. The van der Waals surface area contributed by atoms with Crippen molar-refractivity contribution in [2.45, 2.75) is 19.8 Å². The van der Waals surface area contributed by atoms with Gasteiger partial charge in [0.2, 0.25) is 0 Å². The molecular formula is C15H23N3O2S. The van der Waals surface area contributed by atoms with E-state index >= 15 is 0 Å². The Morgan fingerprint density at radius 3 is 2.86 bits per heavy atom. The van der Waals surface area contributed by atoms with Crippen LogP contribution >= 0.6 is 0 Å². The molecule has 0 amide bonds. The van der Waals surface area contributed by atoms with Crippen LogP contribution in [0.3, 0.4) is 0 Å². The summed E-state index contributed by atoms with van der Waals surface area (Å²) in [6.07, 6.45) is 1.81.